The molecule has 0 atom stereocenters. The second-order valence-corrected chi connectivity index (χ2v) is 8.38. The van der Waals surface area contributed by atoms with Gasteiger partial charge in [-0.1, -0.05) is 53.0 Å². The Morgan fingerprint density at radius 2 is 1.72 bits per heavy atom. The lowest BCUT2D eigenvalue weighted by atomic mass is 10.1. The number of nitrogens with one attached hydrogen (secondary N) is 2. The van der Waals surface area contributed by atoms with Crippen LogP contribution in [0.15, 0.2) is 66.2 Å². The first kappa shape index (κ1) is 26.6. The molecule has 3 rings (SSSR count). The number of carbonyl (C=O) groups is 2. The van der Waals surface area contributed by atoms with Crippen LogP contribution in [-0.4, -0.2) is 25.0 Å². The van der Waals surface area contributed by atoms with E-state index in [0.29, 0.717) is 28.6 Å². The summed E-state index contributed by atoms with van der Waals surface area (Å²) >= 11 is 12.5. The molecule has 9 heteroatoms. The van der Waals surface area contributed by atoms with Crippen molar-refractivity contribution < 1.29 is 19.1 Å². The zero-order valence-electron chi connectivity index (χ0n) is 19.6. The molecule has 36 heavy (non-hydrogen) atoms. The Morgan fingerprint density at radius 3 is 2.39 bits per heavy atom. The first-order valence-electron chi connectivity index (χ1n) is 10.9. The van der Waals surface area contributed by atoms with E-state index in [-0.39, 0.29) is 34.6 Å². The molecule has 0 fully saturated rings. The maximum Gasteiger partial charge on any atom is 0.266 e. The fourth-order valence-electron chi connectivity index (χ4n) is 3.11. The SMILES string of the molecule is CCOc1cc(/C=C(\C#N)C(=O)Nc2ccccc2Cl)cc(Cl)c1OCC(=O)Nc1ccc(C)cc1. The van der Waals surface area contributed by atoms with E-state index in [4.69, 9.17) is 32.7 Å². The van der Waals surface area contributed by atoms with Crippen LogP contribution < -0.4 is 20.1 Å². The number of ether oxygens (including phenoxy) is 2. The third kappa shape index (κ3) is 7.25. The normalized spacial score (nSPS) is 10.8. The summed E-state index contributed by atoms with van der Waals surface area (Å²) in [7, 11) is 0. The van der Waals surface area contributed by atoms with E-state index in [2.05, 4.69) is 10.6 Å². The quantitative estimate of drug-likeness (QED) is 0.254. The van der Waals surface area contributed by atoms with Crippen LogP contribution in [0.5, 0.6) is 11.5 Å². The van der Waals surface area contributed by atoms with E-state index < -0.39 is 5.91 Å². The summed E-state index contributed by atoms with van der Waals surface area (Å²) in [6.07, 6.45) is 1.37. The van der Waals surface area contributed by atoms with Gasteiger partial charge in [0, 0.05) is 5.69 Å². The molecule has 0 aliphatic heterocycles. The minimum Gasteiger partial charge on any atom is -0.490 e. The van der Waals surface area contributed by atoms with E-state index in [1.165, 1.54) is 12.1 Å². The van der Waals surface area contributed by atoms with Gasteiger partial charge in [0.05, 0.1) is 22.3 Å². The number of carbonyl (C=O) groups excluding carboxylic acids is 2. The molecule has 0 heterocycles. The van der Waals surface area contributed by atoms with Gasteiger partial charge >= 0.3 is 0 Å². The second kappa shape index (κ2) is 12.6. The minimum absolute atomic E-state index is 0.152. The number of anilines is 2. The summed E-state index contributed by atoms with van der Waals surface area (Å²) < 4.78 is 11.3. The summed E-state index contributed by atoms with van der Waals surface area (Å²) in [6, 6.07) is 19.0. The van der Waals surface area contributed by atoms with E-state index in [9.17, 15) is 14.9 Å². The Hall–Kier alpha value is -3.99. The van der Waals surface area contributed by atoms with E-state index in [1.807, 2.05) is 25.1 Å². The van der Waals surface area contributed by atoms with Crippen molar-refractivity contribution >= 4 is 52.5 Å². The van der Waals surface area contributed by atoms with E-state index in [1.54, 1.807) is 49.4 Å². The monoisotopic (exact) mass is 523 g/mol. The first-order valence-corrected chi connectivity index (χ1v) is 11.7. The topological polar surface area (TPSA) is 100 Å². The van der Waals surface area contributed by atoms with Crippen LogP contribution in [0.3, 0.4) is 0 Å². The van der Waals surface area contributed by atoms with Crippen LogP contribution in [0.1, 0.15) is 18.1 Å². The highest BCUT2D eigenvalue weighted by atomic mass is 35.5. The molecule has 0 saturated heterocycles. The van der Waals surface area contributed by atoms with Crippen LogP contribution in [0.25, 0.3) is 6.08 Å². The number of para-hydroxylation sites is 1. The van der Waals surface area contributed by atoms with E-state index in [0.717, 1.165) is 5.56 Å². The highest BCUT2D eigenvalue weighted by molar-refractivity contribution is 6.34. The molecule has 0 spiro atoms. The molecule has 2 amide bonds. The van der Waals surface area contributed by atoms with Gasteiger partial charge in [-0.2, -0.15) is 5.26 Å². The van der Waals surface area contributed by atoms with Gasteiger partial charge in [-0.25, -0.2) is 0 Å². The number of hydrogen-bond acceptors (Lipinski definition) is 5. The molecule has 0 aliphatic carbocycles. The lowest BCUT2D eigenvalue weighted by Gasteiger charge is -2.15. The molecule has 7 nitrogen and oxygen atoms in total. The van der Waals surface area contributed by atoms with Gasteiger partial charge in [0.15, 0.2) is 18.1 Å². The van der Waals surface area contributed by atoms with Crippen molar-refractivity contribution in [3.63, 3.8) is 0 Å². The molecule has 0 unspecified atom stereocenters. The molecule has 0 aromatic heterocycles. The predicted octanol–water partition coefficient (Wildman–Crippen LogP) is 6.26. The number of rotatable bonds is 9. The molecule has 3 aromatic carbocycles. The van der Waals surface area contributed by atoms with Crippen molar-refractivity contribution in [1.29, 1.82) is 5.26 Å². The van der Waals surface area contributed by atoms with Crippen molar-refractivity contribution in [1.82, 2.24) is 0 Å². The molecule has 0 bridgehead atoms. The largest absolute Gasteiger partial charge is 0.490 e. The summed E-state index contributed by atoms with van der Waals surface area (Å²) in [5.41, 5.74) is 2.37. The maximum atomic E-state index is 12.6. The fourth-order valence-corrected chi connectivity index (χ4v) is 3.57. The van der Waals surface area contributed by atoms with Crippen LogP contribution >= 0.6 is 23.2 Å². The number of nitriles is 1. The number of hydrogen-bond donors (Lipinski definition) is 2. The Balaban J connectivity index is 1.77. The standard InChI is InChI=1S/C27H23Cl2N3O4/c1-3-35-24-14-18(12-19(15-30)27(34)32-23-7-5-4-6-21(23)28)13-22(29)26(24)36-16-25(33)31-20-10-8-17(2)9-11-20/h4-14H,3,16H2,1-2H3,(H,31,33)(H,32,34)/b19-12+. The highest BCUT2D eigenvalue weighted by Crippen LogP contribution is 2.37. The van der Waals surface area contributed by atoms with Crippen molar-refractivity contribution in [2.24, 2.45) is 0 Å². The van der Waals surface area contributed by atoms with Crippen LogP contribution in [-0.2, 0) is 9.59 Å². The molecule has 0 aliphatic rings. The van der Waals surface area contributed by atoms with Crippen molar-refractivity contribution in [2.75, 3.05) is 23.8 Å². The summed E-state index contributed by atoms with van der Waals surface area (Å²) in [5, 5.41) is 15.4. The Bertz CT molecular complexity index is 1330. The number of amides is 2. The Morgan fingerprint density at radius 1 is 1.00 bits per heavy atom. The fraction of sp³-hybridized carbons (Fsp3) is 0.148. The van der Waals surface area contributed by atoms with E-state index >= 15 is 0 Å². The minimum atomic E-state index is -0.632. The Labute approximate surface area is 219 Å². The predicted molar refractivity (Wildman–Crippen MR) is 142 cm³/mol. The van der Waals surface area contributed by atoms with Crippen LogP contribution in [0, 0.1) is 18.3 Å². The lowest BCUT2D eigenvalue weighted by Crippen LogP contribution is -2.20. The maximum absolute atomic E-state index is 12.6. The zero-order valence-corrected chi connectivity index (χ0v) is 21.1. The number of aryl methyl sites for hydroxylation is 1. The summed E-state index contributed by atoms with van der Waals surface area (Å²) in [6.45, 7) is 3.73. The Kier molecular flexibility index (Phi) is 9.34. The third-order valence-electron chi connectivity index (χ3n) is 4.81. The average molecular weight is 524 g/mol. The van der Waals surface area contributed by atoms with Gasteiger partial charge < -0.3 is 20.1 Å². The second-order valence-electron chi connectivity index (χ2n) is 7.57. The molecular formula is C27H23Cl2N3O4. The molecule has 184 valence electrons. The molecular weight excluding hydrogens is 501 g/mol. The highest BCUT2D eigenvalue weighted by Gasteiger charge is 2.16. The number of halogens is 2. The van der Waals surface area contributed by atoms with Crippen molar-refractivity contribution in [3.05, 3.63) is 87.4 Å². The number of nitrogens with zero attached hydrogens (tertiary/aromatic N) is 1. The van der Waals surface area contributed by atoms with Gasteiger partial charge in [-0.15, -0.1) is 0 Å². The van der Waals surface area contributed by atoms with Gasteiger partial charge in [-0.3, -0.25) is 9.59 Å². The number of benzene rings is 3. The van der Waals surface area contributed by atoms with Crippen molar-refractivity contribution in [2.45, 2.75) is 13.8 Å². The van der Waals surface area contributed by atoms with Gasteiger partial charge in [0.1, 0.15) is 11.6 Å². The van der Waals surface area contributed by atoms with Gasteiger partial charge in [0.25, 0.3) is 11.8 Å². The lowest BCUT2D eigenvalue weighted by molar-refractivity contribution is -0.118. The van der Waals surface area contributed by atoms with Crippen LogP contribution in [0.2, 0.25) is 10.0 Å². The van der Waals surface area contributed by atoms with Crippen molar-refractivity contribution in [3.8, 4) is 17.6 Å². The van der Waals surface area contributed by atoms with Gasteiger partial charge in [0.2, 0.25) is 0 Å². The average Bonchev–Trinajstić information content (AvgIpc) is 2.85. The molecule has 2 N–H and O–H groups in total. The zero-order chi connectivity index (χ0) is 26.1. The van der Waals surface area contributed by atoms with Gasteiger partial charge in [-0.05, 0) is 61.9 Å². The van der Waals surface area contributed by atoms with Crippen LogP contribution in [0.4, 0.5) is 11.4 Å². The summed E-state index contributed by atoms with van der Waals surface area (Å²) in [4.78, 5) is 24.9. The third-order valence-corrected chi connectivity index (χ3v) is 5.42. The first-order chi connectivity index (χ1) is 17.3. The smallest absolute Gasteiger partial charge is 0.266 e. The molecule has 0 saturated carbocycles. The molecule has 3 aromatic rings. The summed E-state index contributed by atoms with van der Waals surface area (Å²) in [5.74, 6) is -0.561. The molecule has 0 radical (unpaired) electrons.